The lowest BCUT2D eigenvalue weighted by Gasteiger charge is -2.48. The molecule has 0 nitrogen and oxygen atoms in total. The van der Waals surface area contributed by atoms with Crippen molar-refractivity contribution < 1.29 is 0 Å². The fraction of sp³-hybridized carbons (Fsp3) is 1.00. The average molecular weight is 682 g/mol. The van der Waals surface area contributed by atoms with Gasteiger partial charge in [0.15, 0.2) is 0 Å². The molecule has 6 heteroatoms. The average Bonchev–Trinajstić information content (AvgIpc) is 0.592. The van der Waals surface area contributed by atoms with Crippen LogP contribution in [0.2, 0.25) is 0 Å². The second-order valence-electron chi connectivity index (χ2n) is 1.35. The molecule has 0 spiro atoms. The Morgan fingerprint density at radius 1 is 0.857 bits per heavy atom. The van der Waals surface area contributed by atoms with Crippen LogP contribution < -0.4 is 0 Å². The van der Waals surface area contributed by atoms with E-state index >= 15 is 0 Å². The highest BCUT2D eigenvalue weighted by atomic mass is 127. The molecule has 0 aliphatic carbocycles. The summed E-state index contributed by atoms with van der Waals surface area (Å²) in [7, 11) is 0. The molecule has 0 aromatic heterocycles. The topological polar surface area (TPSA) is 0 Å². The SMILES string of the molecule is CS(I)(I)(I)(I)I. The van der Waals surface area contributed by atoms with Gasteiger partial charge in [-0.25, -0.2) is 0 Å². The van der Waals surface area contributed by atoms with E-state index in [-0.39, 0.29) is 0 Å². The summed E-state index contributed by atoms with van der Waals surface area (Å²) in [5.41, 5.74) is 0. The number of hydrogen-bond donors (Lipinski definition) is 0. The highest BCUT2D eigenvalue weighted by Gasteiger charge is 2.41. The van der Waals surface area contributed by atoms with Crippen molar-refractivity contribution in [2.75, 3.05) is 6.26 Å². The van der Waals surface area contributed by atoms with Gasteiger partial charge in [0.2, 0.25) is 0 Å². The first kappa shape index (κ1) is 11.0. The van der Waals surface area contributed by atoms with Crippen LogP contribution in [0, 0.1) is 0 Å². The Bertz CT molecular complexity index is 66.6. The van der Waals surface area contributed by atoms with Gasteiger partial charge < -0.3 is 0 Å². The fourth-order valence-electron chi connectivity index (χ4n) is 0. The van der Waals surface area contributed by atoms with E-state index in [0.29, 0.717) is 0 Å². The molecule has 0 bridgehead atoms. The van der Waals surface area contributed by atoms with Crippen molar-refractivity contribution in [1.29, 1.82) is 0 Å². The molecule has 7 heavy (non-hydrogen) atoms. The molecule has 0 fully saturated rings. The zero-order chi connectivity index (χ0) is 6.41. The first-order chi connectivity index (χ1) is 2.45. The van der Waals surface area contributed by atoms with Crippen LogP contribution in [0.4, 0.5) is 0 Å². The van der Waals surface area contributed by atoms with Crippen molar-refractivity contribution in [3.05, 3.63) is 0 Å². The summed E-state index contributed by atoms with van der Waals surface area (Å²) in [5, 5.41) is 0. The summed E-state index contributed by atoms with van der Waals surface area (Å²) in [6, 6.07) is 0. The molecule has 0 rings (SSSR count). The first-order valence-corrected chi connectivity index (χ1v) is 16.8. The maximum Gasteiger partial charge on any atom is -0.00545 e. The lowest BCUT2D eigenvalue weighted by Crippen LogP contribution is -1.82. The van der Waals surface area contributed by atoms with Crippen LogP contribution in [-0.4, -0.2) is 6.26 Å². The van der Waals surface area contributed by atoms with Crippen molar-refractivity contribution in [2.24, 2.45) is 0 Å². The monoisotopic (exact) mass is 682 g/mol. The van der Waals surface area contributed by atoms with Crippen molar-refractivity contribution in [1.82, 2.24) is 0 Å². The minimum atomic E-state index is -1.62. The Morgan fingerprint density at radius 2 is 0.857 bits per heavy atom. The van der Waals surface area contributed by atoms with Gasteiger partial charge in [0.05, 0.1) is 0 Å². The van der Waals surface area contributed by atoms with Crippen molar-refractivity contribution in [3.8, 4) is 0 Å². The second-order valence-corrected chi connectivity index (χ2v) is 94.3. The van der Waals surface area contributed by atoms with E-state index in [2.05, 4.69) is 112 Å². The Balaban J connectivity index is 4.43. The van der Waals surface area contributed by atoms with Gasteiger partial charge in [-0.15, -0.1) is 0 Å². The second kappa shape index (κ2) is 2.24. The summed E-state index contributed by atoms with van der Waals surface area (Å²) in [4.78, 5) is 0. The molecule has 0 unspecified atom stereocenters. The Kier molecular flexibility index (Phi) is 3.53. The van der Waals surface area contributed by atoms with E-state index in [1.165, 1.54) is 0 Å². The molecule has 0 aliphatic heterocycles. The predicted molar refractivity (Wildman–Crippen MR) is 83.6 cm³/mol. The van der Waals surface area contributed by atoms with Crippen LogP contribution in [0.5, 0.6) is 0 Å². The minimum Gasteiger partial charge on any atom is -0.0691 e. The fourth-order valence-corrected chi connectivity index (χ4v) is 0. The lowest BCUT2D eigenvalue weighted by atomic mass is 12.0. The third-order valence-corrected chi connectivity index (χ3v) is 0. The highest BCUT2D eigenvalue weighted by molar-refractivity contribution is 14.7. The molecule has 48 valence electrons. The lowest BCUT2D eigenvalue weighted by molar-refractivity contribution is 2.54. The number of hydrogen-bond acceptors (Lipinski definition) is 0. The Hall–Kier alpha value is 4.00. The third kappa shape index (κ3) is 40.0. The van der Waals surface area contributed by atoms with Crippen LogP contribution in [0.3, 0.4) is 0 Å². The minimum absolute atomic E-state index is 1.62. The quantitative estimate of drug-likeness (QED) is 0.307. The Morgan fingerprint density at radius 3 is 0.857 bits per heavy atom. The molecule has 0 saturated carbocycles. The van der Waals surface area contributed by atoms with E-state index in [1.54, 1.807) is 0 Å². The third-order valence-electron chi connectivity index (χ3n) is 0. The van der Waals surface area contributed by atoms with E-state index < -0.39 is -5.85 Å². The zero-order valence-electron chi connectivity index (χ0n) is 3.30. The van der Waals surface area contributed by atoms with E-state index in [0.717, 1.165) is 0 Å². The normalized spacial score (nSPS) is 23.1. The molecular formula is CH3I5S. The molecule has 0 aliphatic rings. The maximum atomic E-state index is 2.51. The molecule has 0 amide bonds. The summed E-state index contributed by atoms with van der Waals surface area (Å²) in [5.74, 6) is 0. The Labute approximate surface area is 103 Å². The van der Waals surface area contributed by atoms with Crippen LogP contribution >= 0.6 is 100 Å². The van der Waals surface area contributed by atoms with Gasteiger partial charge in [0.25, 0.3) is 0 Å². The van der Waals surface area contributed by atoms with Crippen molar-refractivity contribution in [2.45, 2.75) is 0 Å². The smallest absolute Gasteiger partial charge is 0.00545 e. The molecule has 0 saturated heterocycles. The van der Waals surface area contributed by atoms with Gasteiger partial charge in [-0.05, 0) is 112 Å². The van der Waals surface area contributed by atoms with Gasteiger partial charge in [-0.2, -0.15) is 0 Å². The van der Waals surface area contributed by atoms with Crippen molar-refractivity contribution in [3.63, 3.8) is 0 Å². The van der Waals surface area contributed by atoms with E-state index in [9.17, 15) is 0 Å². The summed E-state index contributed by atoms with van der Waals surface area (Å²) < 4.78 is -1.62. The standard InChI is InChI=1S/CH3I5S/c1-7(2,3,4,5)6/h1H3. The number of halogens is 5. The molecule has 0 N–H and O–H groups in total. The van der Waals surface area contributed by atoms with Gasteiger partial charge in [0.1, 0.15) is 0 Å². The summed E-state index contributed by atoms with van der Waals surface area (Å²) in [6.07, 6.45) is 2.28. The molecule has 0 aromatic rings. The number of rotatable bonds is 0. The maximum absolute atomic E-state index is 2.51. The van der Waals surface area contributed by atoms with Gasteiger partial charge in [0, 0.05) is 0 Å². The largest absolute Gasteiger partial charge is 0.0691 e. The van der Waals surface area contributed by atoms with Crippen LogP contribution in [0.1, 0.15) is 0 Å². The van der Waals surface area contributed by atoms with Gasteiger partial charge in [-0.3, -0.25) is 0 Å². The van der Waals surface area contributed by atoms with E-state index in [4.69, 9.17) is 0 Å². The van der Waals surface area contributed by atoms with Gasteiger partial charge in [-0.1, -0.05) is -5.85 Å². The summed E-state index contributed by atoms with van der Waals surface area (Å²) >= 11 is 12.6. The molecule has 0 radical (unpaired) electrons. The highest BCUT2D eigenvalue weighted by Crippen LogP contribution is 3.15. The van der Waals surface area contributed by atoms with Crippen LogP contribution in [0.15, 0.2) is 0 Å². The van der Waals surface area contributed by atoms with Gasteiger partial charge >= 0.3 is 0 Å². The molecule has 0 aromatic carbocycles. The summed E-state index contributed by atoms with van der Waals surface area (Å²) in [6.45, 7) is 0. The first-order valence-electron chi connectivity index (χ1n) is 1.18. The van der Waals surface area contributed by atoms with Crippen molar-refractivity contribution >= 4 is 100 Å². The van der Waals surface area contributed by atoms with Crippen LogP contribution in [0.25, 0.3) is 0 Å². The predicted octanol–water partition coefficient (Wildman–Crippen LogP) is 5.24. The zero-order valence-corrected chi connectivity index (χ0v) is 14.9. The van der Waals surface area contributed by atoms with E-state index in [1.807, 2.05) is 0 Å². The molecular weight excluding hydrogens is 679 g/mol. The molecule has 0 atom stereocenters. The van der Waals surface area contributed by atoms with Crippen LogP contribution in [-0.2, 0) is 0 Å². The molecule has 0 heterocycles.